The summed E-state index contributed by atoms with van der Waals surface area (Å²) in [5, 5.41) is 0. The predicted molar refractivity (Wildman–Crippen MR) is 66.0 cm³/mol. The number of aryl methyl sites for hydroxylation is 2. The largest absolute Gasteiger partial charge is 0.392 e. The van der Waals surface area contributed by atoms with Crippen molar-refractivity contribution in [3.05, 3.63) is 29.3 Å². The molecule has 14 heavy (non-hydrogen) atoms. The van der Waals surface area contributed by atoms with Gasteiger partial charge in [0.2, 0.25) is 0 Å². The summed E-state index contributed by atoms with van der Waals surface area (Å²) in [4.78, 5) is 2.58. The van der Waals surface area contributed by atoms with E-state index in [1.807, 2.05) is 7.05 Å². The summed E-state index contributed by atoms with van der Waals surface area (Å²) >= 11 is 4.87. The van der Waals surface area contributed by atoms with Crippen LogP contribution in [-0.2, 0) is 0 Å². The maximum Gasteiger partial charge on any atom is 0.0923 e. The van der Waals surface area contributed by atoms with Crippen molar-refractivity contribution in [1.29, 1.82) is 0 Å². The second-order valence-corrected chi connectivity index (χ2v) is 4.19. The quantitative estimate of drug-likeness (QED) is 0.771. The van der Waals surface area contributed by atoms with Crippen LogP contribution in [0.5, 0.6) is 0 Å². The molecule has 0 radical (unpaired) electrons. The van der Waals surface area contributed by atoms with Gasteiger partial charge in [0, 0.05) is 12.7 Å². The lowest BCUT2D eigenvalue weighted by molar-refractivity contribution is 1.06. The highest BCUT2D eigenvalue weighted by molar-refractivity contribution is 7.80. The van der Waals surface area contributed by atoms with E-state index >= 15 is 0 Å². The Morgan fingerprint density at radius 1 is 1.29 bits per heavy atom. The van der Waals surface area contributed by atoms with Crippen LogP contribution in [0.4, 0.5) is 5.69 Å². The minimum Gasteiger partial charge on any atom is -0.392 e. The van der Waals surface area contributed by atoms with Gasteiger partial charge >= 0.3 is 0 Å². The third kappa shape index (κ3) is 3.00. The molecule has 1 aromatic rings. The van der Waals surface area contributed by atoms with Gasteiger partial charge in [0.05, 0.1) is 11.5 Å². The van der Waals surface area contributed by atoms with E-state index in [-0.39, 0.29) is 0 Å². The fourth-order valence-corrected chi connectivity index (χ4v) is 1.69. The summed E-state index contributed by atoms with van der Waals surface area (Å²) in [5.41, 5.74) is 9.18. The van der Waals surface area contributed by atoms with Crippen molar-refractivity contribution in [2.45, 2.75) is 13.8 Å². The van der Waals surface area contributed by atoms with Gasteiger partial charge in [0.1, 0.15) is 0 Å². The Hall–Kier alpha value is -1.09. The first-order valence-corrected chi connectivity index (χ1v) is 4.97. The molecule has 0 bridgehead atoms. The van der Waals surface area contributed by atoms with Crippen LogP contribution in [0.15, 0.2) is 18.2 Å². The third-order valence-electron chi connectivity index (χ3n) is 2.04. The van der Waals surface area contributed by atoms with Gasteiger partial charge in [-0.25, -0.2) is 0 Å². The maximum atomic E-state index is 5.50. The topological polar surface area (TPSA) is 29.3 Å². The van der Waals surface area contributed by atoms with Crippen molar-refractivity contribution in [2.75, 3.05) is 18.5 Å². The molecule has 76 valence electrons. The smallest absolute Gasteiger partial charge is 0.0923 e. The highest BCUT2D eigenvalue weighted by atomic mass is 32.1. The Morgan fingerprint density at radius 2 is 1.79 bits per heavy atom. The SMILES string of the molecule is Cc1cc(C)cc(N(C)CC(N)=S)c1. The molecule has 2 nitrogen and oxygen atoms in total. The van der Waals surface area contributed by atoms with Gasteiger partial charge in [-0.1, -0.05) is 18.3 Å². The molecule has 1 rings (SSSR count). The third-order valence-corrected chi connectivity index (χ3v) is 2.17. The van der Waals surface area contributed by atoms with E-state index < -0.39 is 0 Å². The van der Waals surface area contributed by atoms with Crippen LogP contribution in [0, 0.1) is 13.8 Å². The molecule has 0 heterocycles. The highest BCUT2D eigenvalue weighted by Crippen LogP contribution is 2.16. The number of nitrogens with two attached hydrogens (primary N) is 1. The summed E-state index contributed by atoms with van der Waals surface area (Å²) in [6.07, 6.45) is 0. The van der Waals surface area contributed by atoms with Crippen LogP contribution in [0.25, 0.3) is 0 Å². The lowest BCUT2D eigenvalue weighted by Gasteiger charge is -2.19. The van der Waals surface area contributed by atoms with Crippen molar-refractivity contribution in [2.24, 2.45) is 5.73 Å². The van der Waals surface area contributed by atoms with Gasteiger partial charge < -0.3 is 10.6 Å². The van der Waals surface area contributed by atoms with Gasteiger partial charge in [0.25, 0.3) is 0 Å². The molecule has 0 aromatic heterocycles. The monoisotopic (exact) mass is 208 g/mol. The van der Waals surface area contributed by atoms with Crippen molar-refractivity contribution < 1.29 is 0 Å². The lowest BCUT2D eigenvalue weighted by atomic mass is 10.1. The fraction of sp³-hybridized carbons (Fsp3) is 0.364. The minimum atomic E-state index is 0.520. The Bertz CT molecular complexity index is 327. The molecule has 0 saturated carbocycles. The molecule has 0 unspecified atom stereocenters. The summed E-state index contributed by atoms with van der Waals surface area (Å²) in [6.45, 7) is 4.80. The zero-order chi connectivity index (χ0) is 10.7. The number of hydrogen-bond acceptors (Lipinski definition) is 2. The number of likely N-dealkylation sites (N-methyl/N-ethyl adjacent to an activating group) is 1. The Balaban J connectivity index is 2.89. The van der Waals surface area contributed by atoms with E-state index in [0.29, 0.717) is 11.5 Å². The minimum absolute atomic E-state index is 0.520. The summed E-state index contributed by atoms with van der Waals surface area (Å²) in [6, 6.07) is 6.41. The van der Waals surface area contributed by atoms with E-state index in [2.05, 4.69) is 36.9 Å². The molecule has 3 heteroatoms. The standard InChI is InChI=1S/C11H16N2S/c1-8-4-9(2)6-10(5-8)13(3)7-11(12)14/h4-6H,7H2,1-3H3,(H2,12,14). The highest BCUT2D eigenvalue weighted by Gasteiger charge is 2.02. The van der Waals surface area contributed by atoms with Gasteiger partial charge in [-0.2, -0.15) is 0 Å². The van der Waals surface area contributed by atoms with E-state index in [4.69, 9.17) is 18.0 Å². The Labute approximate surface area is 90.7 Å². The van der Waals surface area contributed by atoms with Crippen LogP contribution in [0.1, 0.15) is 11.1 Å². The van der Waals surface area contributed by atoms with Crippen LogP contribution >= 0.6 is 12.2 Å². The number of anilines is 1. The molecule has 0 aliphatic heterocycles. The molecule has 0 amide bonds. The van der Waals surface area contributed by atoms with Gasteiger partial charge in [-0.3, -0.25) is 0 Å². The molecule has 0 aliphatic rings. The summed E-state index contributed by atoms with van der Waals surface area (Å²) in [7, 11) is 1.99. The van der Waals surface area contributed by atoms with E-state index in [0.717, 1.165) is 5.69 Å². The first kappa shape index (κ1) is 11.0. The fourth-order valence-electron chi connectivity index (χ4n) is 1.50. The average molecular weight is 208 g/mol. The molecule has 0 saturated heterocycles. The first-order valence-electron chi connectivity index (χ1n) is 4.57. The first-order chi connectivity index (χ1) is 6.49. The normalized spacial score (nSPS) is 9.93. The molecule has 0 atom stereocenters. The lowest BCUT2D eigenvalue weighted by Crippen LogP contribution is -2.29. The van der Waals surface area contributed by atoms with Crippen LogP contribution in [0.3, 0.4) is 0 Å². The molecule has 0 fully saturated rings. The summed E-state index contributed by atoms with van der Waals surface area (Å²) < 4.78 is 0. The number of hydrogen-bond donors (Lipinski definition) is 1. The molecule has 0 aliphatic carbocycles. The van der Waals surface area contributed by atoms with Gasteiger partial charge in [-0.15, -0.1) is 0 Å². The van der Waals surface area contributed by atoms with Crippen molar-refractivity contribution in [3.8, 4) is 0 Å². The number of benzene rings is 1. The van der Waals surface area contributed by atoms with E-state index in [9.17, 15) is 0 Å². The van der Waals surface area contributed by atoms with Crippen molar-refractivity contribution >= 4 is 22.9 Å². The molecular formula is C11H16N2S. The zero-order valence-electron chi connectivity index (χ0n) is 8.87. The molecule has 0 spiro atoms. The number of rotatable bonds is 3. The van der Waals surface area contributed by atoms with Crippen molar-refractivity contribution in [1.82, 2.24) is 0 Å². The van der Waals surface area contributed by atoms with Crippen molar-refractivity contribution in [3.63, 3.8) is 0 Å². The van der Waals surface area contributed by atoms with Crippen LogP contribution < -0.4 is 10.6 Å². The maximum absolute atomic E-state index is 5.50. The predicted octanol–water partition coefficient (Wildman–Crippen LogP) is 2.03. The Kier molecular flexibility index (Phi) is 3.47. The van der Waals surface area contributed by atoms with E-state index in [1.165, 1.54) is 11.1 Å². The van der Waals surface area contributed by atoms with Gasteiger partial charge in [0.15, 0.2) is 0 Å². The second kappa shape index (κ2) is 4.42. The summed E-state index contributed by atoms with van der Waals surface area (Å²) in [5.74, 6) is 0. The van der Waals surface area contributed by atoms with E-state index in [1.54, 1.807) is 0 Å². The molecular weight excluding hydrogens is 192 g/mol. The van der Waals surface area contributed by atoms with Gasteiger partial charge in [-0.05, 0) is 37.1 Å². The second-order valence-electron chi connectivity index (χ2n) is 3.67. The zero-order valence-corrected chi connectivity index (χ0v) is 9.69. The Morgan fingerprint density at radius 3 is 2.21 bits per heavy atom. The number of nitrogens with zero attached hydrogens (tertiary/aromatic N) is 1. The molecule has 2 N–H and O–H groups in total. The van der Waals surface area contributed by atoms with Crippen LogP contribution in [0.2, 0.25) is 0 Å². The average Bonchev–Trinajstić information content (AvgIpc) is 2.00. The number of thiocarbonyl (C=S) groups is 1. The molecule has 1 aromatic carbocycles. The van der Waals surface area contributed by atoms with Crippen LogP contribution in [-0.4, -0.2) is 18.6 Å².